The minimum absolute atomic E-state index is 0.149. The number of ether oxygens (including phenoxy) is 1. The first kappa shape index (κ1) is 25.7. The van der Waals surface area contributed by atoms with Crippen molar-refractivity contribution < 1.29 is 17.9 Å². The molecule has 11 heteroatoms. The molecule has 180 valence electrons. The number of carbonyl (C=O) groups excluding carboxylic acids is 1. The number of sulfone groups is 1. The lowest BCUT2D eigenvalue weighted by atomic mass is 10.0. The maximum atomic E-state index is 13.5. The fraction of sp³-hybridized carbons (Fsp3) is 0.261. The van der Waals surface area contributed by atoms with Gasteiger partial charge in [0.2, 0.25) is 9.84 Å². The van der Waals surface area contributed by atoms with Gasteiger partial charge in [-0.15, -0.1) is 23.1 Å². The van der Waals surface area contributed by atoms with Gasteiger partial charge in [-0.1, -0.05) is 12.1 Å². The number of pyridine rings is 1. The molecule has 3 rings (SSSR count). The maximum absolute atomic E-state index is 13.5. The van der Waals surface area contributed by atoms with Crippen LogP contribution in [0.5, 0.6) is 0 Å². The van der Waals surface area contributed by atoms with E-state index in [0.29, 0.717) is 20.5 Å². The van der Waals surface area contributed by atoms with Crippen LogP contribution < -0.4 is 11.1 Å². The number of nitrogens with two attached hydrogens (primary N) is 1. The van der Waals surface area contributed by atoms with Crippen molar-refractivity contribution in [3.05, 3.63) is 48.3 Å². The normalized spacial score (nSPS) is 12.1. The maximum Gasteiger partial charge on any atom is 0.412 e. The highest BCUT2D eigenvalue weighted by molar-refractivity contribution is 8.01. The second-order valence-electron chi connectivity index (χ2n) is 8.30. The standard InChI is InChI=1S/C23H26N4O4S3/c1-14-11-25-12-17(24)20(14)15-7-6-8-16(9-15)34(29,30)18-10-19(33-21(18)32-5)26-13-27-22(28)31-23(2,3)4/h6-13H,24H2,1-5H3,(H,26,27,28). The Balaban J connectivity index is 1.92. The number of aryl methyl sites for hydroxylation is 1. The molecular weight excluding hydrogens is 492 g/mol. The van der Waals surface area contributed by atoms with E-state index in [0.717, 1.165) is 11.1 Å². The lowest BCUT2D eigenvalue weighted by molar-refractivity contribution is 0.0565. The van der Waals surface area contributed by atoms with E-state index in [1.165, 1.54) is 35.5 Å². The van der Waals surface area contributed by atoms with Crippen molar-refractivity contribution in [2.45, 2.75) is 47.3 Å². The zero-order valence-electron chi connectivity index (χ0n) is 19.4. The smallest absolute Gasteiger partial charge is 0.412 e. The Hall–Kier alpha value is -2.89. The number of thioether (sulfide) groups is 1. The van der Waals surface area contributed by atoms with Crippen LogP contribution in [-0.4, -0.2) is 37.7 Å². The van der Waals surface area contributed by atoms with Crippen LogP contribution in [0, 0.1) is 6.92 Å². The topological polar surface area (TPSA) is 124 Å². The number of hydrogen-bond donors (Lipinski definition) is 2. The molecule has 0 atom stereocenters. The molecule has 8 nitrogen and oxygen atoms in total. The average molecular weight is 519 g/mol. The van der Waals surface area contributed by atoms with Crippen LogP contribution in [-0.2, 0) is 14.6 Å². The number of thiophene rings is 1. The highest BCUT2D eigenvalue weighted by Crippen LogP contribution is 2.41. The average Bonchev–Trinajstić information content (AvgIpc) is 3.17. The summed E-state index contributed by atoms with van der Waals surface area (Å²) in [7, 11) is -3.84. The largest absolute Gasteiger partial charge is 0.444 e. The van der Waals surface area contributed by atoms with E-state index in [-0.39, 0.29) is 9.79 Å². The Labute approximate surface area is 207 Å². The third-order valence-electron chi connectivity index (χ3n) is 4.50. The molecule has 1 aromatic carbocycles. The quantitative estimate of drug-likeness (QED) is 0.253. The summed E-state index contributed by atoms with van der Waals surface area (Å²) in [5, 5.41) is 2.86. The van der Waals surface area contributed by atoms with E-state index in [4.69, 9.17) is 10.5 Å². The number of alkyl carbamates (subject to hydrolysis) is 1. The van der Waals surface area contributed by atoms with Crippen molar-refractivity contribution in [3.8, 4) is 11.1 Å². The van der Waals surface area contributed by atoms with Crippen LogP contribution in [0.3, 0.4) is 0 Å². The van der Waals surface area contributed by atoms with Crippen LogP contribution in [0.2, 0.25) is 0 Å². The fourth-order valence-electron chi connectivity index (χ4n) is 3.12. The Morgan fingerprint density at radius 2 is 2.00 bits per heavy atom. The van der Waals surface area contributed by atoms with Crippen molar-refractivity contribution in [1.29, 1.82) is 0 Å². The molecule has 2 heterocycles. The van der Waals surface area contributed by atoms with Gasteiger partial charge >= 0.3 is 6.09 Å². The Morgan fingerprint density at radius 1 is 1.26 bits per heavy atom. The summed E-state index contributed by atoms with van der Waals surface area (Å²) >= 11 is 2.53. The second kappa shape index (κ2) is 10.2. The Bertz CT molecular complexity index is 1320. The van der Waals surface area contributed by atoms with Gasteiger partial charge in [-0.2, -0.15) is 0 Å². The van der Waals surface area contributed by atoms with E-state index < -0.39 is 21.5 Å². The monoisotopic (exact) mass is 518 g/mol. The van der Waals surface area contributed by atoms with Gasteiger partial charge < -0.3 is 10.5 Å². The molecule has 0 unspecified atom stereocenters. The number of aromatic nitrogens is 1. The number of nitrogens with zero attached hydrogens (tertiary/aromatic N) is 2. The molecule has 0 spiro atoms. The SMILES string of the molecule is CSc1sc(/N=C/NC(=O)OC(C)(C)C)cc1S(=O)(=O)c1cccc(-c2c(C)cncc2N)c1. The number of benzene rings is 1. The van der Waals surface area contributed by atoms with Crippen LogP contribution in [0.15, 0.2) is 61.7 Å². The summed E-state index contributed by atoms with van der Waals surface area (Å²) in [4.78, 5) is 20.3. The third kappa shape index (κ3) is 5.96. The van der Waals surface area contributed by atoms with Gasteiger partial charge in [0, 0.05) is 11.8 Å². The van der Waals surface area contributed by atoms with Crippen molar-refractivity contribution in [1.82, 2.24) is 10.3 Å². The first-order chi connectivity index (χ1) is 15.9. The number of aliphatic imine (C=N–C) groups is 1. The van der Waals surface area contributed by atoms with Crippen molar-refractivity contribution in [2.24, 2.45) is 4.99 Å². The summed E-state index contributed by atoms with van der Waals surface area (Å²) in [6, 6.07) is 8.18. The predicted octanol–water partition coefficient (Wildman–Crippen LogP) is 5.44. The first-order valence-electron chi connectivity index (χ1n) is 10.2. The van der Waals surface area contributed by atoms with Gasteiger partial charge in [0.1, 0.15) is 10.6 Å². The summed E-state index contributed by atoms with van der Waals surface area (Å²) in [6.07, 6.45) is 5.58. The Kier molecular flexibility index (Phi) is 7.69. The lowest BCUT2D eigenvalue weighted by Gasteiger charge is -2.18. The van der Waals surface area contributed by atoms with Gasteiger partial charge in [-0.3, -0.25) is 10.3 Å². The molecule has 34 heavy (non-hydrogen) atoms. The van der Waals surface area contributed by atoms with Gasteiger partial charge in [0.15, 0.2) is 0 Å². The number of carbonyl (C=O) groups is 1. The molecule has 0 aliphatic heterocycles. The zero-order chi connectivity index (χ0) is 25.1. The molecule has 0 bridgehead atoms. The van der Waals surface area contributed by atoms with Gasteiger partial charge in [-0.05, 0) is 63.3 Å². The van der Waals surface area contributed by atoms with E-state index in [1.807, 2.05) is 13.0 Å². The molecule has 0 aliphatic carbocycles. The summed E-state index contributed by atoms with van der Waals surface area (Å²) in [5.41, 5.74) is 8.24. The summed E-state index contributed by atoms with van der Waals surface area (Å²) < 4.78 is 32.8. The van der Waals surface area contributed by atoms with Crippen molar-refractivity contribution >= 4 is 56.1 Å². The Morgan fingerprint density at radius 3 is 2.65 bits per heavy atom. The highest BCUT2D eigenvalue weighted by atomic mass is 32.2. The molecule has 0 saturated heterocycles. The third-order valence-corrected chi connectivity index (χ3v) is 8.71. The number of hydrogen-bond acceptors (Lipinski definition) is 9. The molecule has 0 saturated carbocycles. The summed E-state index contributed by atoms with van der Waals surface area (Å²) in [5.74, 6) is 0. The van der Waals surface area contributed by atoms with Crippen LogP contribution >= 0.6 is 23.1 Å². The minimum atomic E-state index is -3.84. The molecule has 0 radical (unpaired) electrons. The van der Waals surface area contributed by atoms with E-state index in [2.05, 4.69) is 15.3 Å². The highest BCUT2D eigenvalue weighted by Gasteiger charge is 2.25. The zero-order valence-corrected chi connectivity index (χ0v) is 21.9. The summed E-state index contributed by atoms with van der Waals surface area (Å²) in [6.45, 7) is 7.14. The molecule has 3 N–H and O–H groups in total. The van der Waals surface area contributed by atoms with E-state index in [1.54, 1.807) is 57.6 Å². The predicted molar refractivity (Wildman–Crippen MR) is 138 cm³/mol. The molecule has 3 aromatic rings. The van der Waals surface area contributed by atoms with Crippen LogP contribution in [0.25, 0.3) is 11.1 Å². The van der Waals surface area contributed by atoms with Crippen molar-refractivity contribution in [3.63, 3.8) is 0 Å². The van der Waals surface area contributed by atoms with Gasteiger partial charge in [-0.25, -0.2) is 18.2 Å². The molecule has 1 amide bonds. The van der Waals surface area contributed by atoms with Crippen LogP contribution in [0.4, 0.5) is 15.5 Å². The van der Waals surface area contributed by atoms with Gasteiger partial charge in [0.05, 0.1) is 32.2 Å². The van der Waals surface area contributed by atoms with E-state index in [9.17, 15) is 13.2 Å². The molecule has 0 aliphatic rings. The number of nitrogens with one attached hydrogen (secondary N) is 1. The van der Waals surface area contributed by atoms with E-state index >= 15 is 0 Å². The second-order valence-corrected chi connectivity index (χ2v) is 12.3. The number of anilines is 1. The van der Waals surface area contributed by atoms with Crippen molar-refractivity contribution in [2.75, 3.05) is 12.0 Å². The first-order valence-corrected chi connectivity index (χ1v) is 13.7. The van der Waals surface area contributed by atoms with Crippen LogP contribution in [0.1, 0.15) is 26.3 Å². The number of nitrogen functional groups attached to an aromatic ring is 1. The minimum Gasteiger partial charge on any atom is -0.444 e. The molecule has 0 fully saturated rings. The number of rotatable bonds is 6. The number of amides is 1. The fourth-order valence-corrected chi connectivity index (χ4v) is 6.99. The molecular formula is C23H26N4O4S3. The molecule has 2 aromatic heterocycles. The van der Waals surface area contributed by atoms with Gasteiger partial charge in [0.25, 0.3) is 0 Å². The lowest BCUT2D eigenvalue weighted by Crippen LogP contribution is -2.31.